The lowest BCUT2D eigenvalue weighted by Gasteiger charge is -2.17. The van der Waals surface area contributed by atoms with Gasteiger partial charge in [-0.2, -0.15) is 0 Å². The van der Waals surface area contributed by atoms with Crippen LogP contribution in [-0.4, -0.2) is 29.1 Å². The highest BCUT2D eigenvalue weighted by atomic mass is 28.2. The molecule has 1 saturated heterocycles. The molecule has 0 aromatic heterocycles. The topological polar surface area (TPSA) is 21.8 Å². The van der Waals surface area contributed by atoms with Gasteiger partial charge in [-0.15, -0.1) is 0 Å². The van der Waals surface area contributed by atoms with E-state index >= 15 is 0 Å². The van der Waals surface area contributed by atoms with Crippen LogP contribution in [0.1, 0.15) is 25.7 Å². The molecule has 12 heavy (non-hydrogen) atoms. The van der Waals surface area contributed by atoms with Crippen molar-refractivity contribution >= 4 is 9.76 Å². The van der Waals surface area contributed by atoms with E-state index in [0.717, 1.165) is 5.92 Å². The van der Waals surface area contributed by atoms with E-state index in [2.05, 4.69) is 0 Å². The maximum absolute atomic E-state index is 5.49. The zero-order valence-electron chi connectivity index (χ0n) is 7.58. The van der Waals surface area contributed by atoms with Gasteiger partial charge in [-0.25, -0.2) is 0 Å². The van der Waals surface area contributed by atoms with Crippen molar-refractivity contribution in [1.82, 2.24) is 0 Å². The maximum Gasteiger partial charge on any atom is 0.229 e. The molecule has 1 aliphatic carbocycles. The Morgan fingerprint density at radius 3 is 3.08 bits per heavy atom. The fourth-order valence-electron chi connectivity index (χ4n) is 2.11. The molecule has 0 aromatic carbocycles. The van der Waals surface area contributed by atoms with Crippen LogP contribution in [0.25, 0.3) is 0 Å². The Labute approximate surface area is 76.6 Å². The molecule has 1 aliphatic heterocycles. The Bertz CT molecular complexity index is 151. The molecular weight excluding hydrogens is 168 g/mol. The minimum absolute atomic E-state index is 0.648. The van der Waals surface area contributed by atoms with E-state index < -0.39 is 0 Å². The monoisotopic (exact) mass is 184 g/mol. The molecule has 0 bridgehead atoms. The van der Waals surface area contributed by atoms with Gasteiger partial charge in [-0.3, -0.25) is 0 Å². The van der Waals surface area contributed by atoms with Crippen LogP contribution in [0.2, 0.25) is 6.04 Å². The molecule has 3 heteroatoms. The van der Waals surface area contributed by atoms with Crippen LogP contribution in [0.4, 0.5) is 0 Å². The van der Waals surface area contributed by atoms with Gasteiger partial charge < -0.3 is 9.16 Å². The van der Waals surface area contributed by atoms with Crippen LogP contribution < -0.4 is 0 Å². The molecule has 0 amide bonds. The average molecular weight is 184 g/mol. The van der Waals surface area contributed by atoms with E-state index in [-0.39, 0.29) is 0 Å². The van der Waals surface area contributed by atoms with Gasteiger partial charge in [-0.05, 0) is 31.2 Å². The van der Waals surface area contributed by atoms with E-state index in [1.165, 1.54) is 31.7 Å². The second kappa shape index (κ2) is 3.90. The summed E-state index contributed by atoms with van der Waals surface area (Å²) in [6.45, 7) is 0. The van der Waals surface area contributed by atoms with Gasteiger partial charge in [0, 0.05) is 7.11 Å². The lowest BCUT2D eigenvalue weighted by Crippen LogP contribution is -2.13. The molecule has 0 spiro atoms. The predicted octanol–water partition coefficient (Wildman–Crippen LogP) is 1.63. The molecule has 2 nitrogen and oxygen atoms in total. The third-order valence-corrected chi connectivity index (χ3v) is 3.69. The molecule has 0 aromatic rings. The van der Waals surface area contributed by atoms with Crippen molar-refractivity contribution in [2.75, 3.05) is 7.11 Å². The van der Waals surface area contributed by atoms with Gasteiger partial charge in [-0.1, -0.05) is 6.42 Å². The van der Waals surface area contributed by atoms with E-state index in [1.807, 2.05) is 0 Å². The second-order valence-electron chi connectivity index (χ2n) is 3.78. The molecule has 3 unspecified atom stereocenters. The molecule has 1 saturated carbocycles. The largest absolute Gasteiger partial charge is 0.421 e. The standard InChI is InChI=1S/C9H16O2Si/c1-10-12-5-4-7-2-3-8-9(6-7)11-8/h7-9H,2-6H2,1H3. The van der Waals surface area contributed by atoms with E-state index in [9.17, 15) is 0 Å². The van der Waals surface area contributed by atoms with Gasteiger partial charge >= 0.3 is 0 Å². The highest BCUT2D eigenvalue weighted by Crippen LogP contribution is 2.40. The molecule has 2 rings (SSSR count). The van der Waals surface area contributed by atoms with Crippen molar-refractivity contribution in [1.29, 1.82) is 0 Å². The maximum atomic E-state index is 5.49. The number of epoxide rings is 1. The van der Waals surface area contributed by atoms with Crippen LogP contribution >= 0.6 is 0 Å². The third kappa shape index (κ3) is 2.09. The van der Waals surface area contributed by atoms with Crippen molar-refractivity contribution in [2.45, 2.75) is 43.9 Å². The van der Waals surface area contributed by atoms with Crippen molar-refractivity contribution in [3.05, 3.63) is 0 Å². The smallest absolute Gasteiger partial charge is 0.229 e. The predicted molar refractivity (Wildman–Crippen MR) is 48.2 cm³/mol. The van der Waals surface area contributed by atoms with Gasteiger partial charge in [0.05, 0.1) is 12.2 Å². The van der Waals surface area contributed by atoms with E-state index in [1.54, 1.807) is 7.11 Å². The quantitative estimate of drug-likeness (QED) is 0.376. The Balaban J connectivity index is 1.61. The second-order valence-corrected chi connectivity index (χ2v) is 4.98. The summed E-state index contributed by atoms with van der Waals surface area (Å²) in [6.07, 6.45) is 6.67. The number of hydrogen-bond donors (Lipinski definition) is 0. The highest BCUT2D eigenvalue weighted by Gasteiger charge is 2.43. The normalized spacial score (nSPS) is 39.2. The van der Waals surface area contributed by atoms with Crippen molar-refractivity contribution in [3.63, 3.8) is 0 Å². The Morgan fingerprint density at radius 1 is 1.42 bits per heavy atom. The summed E-state index contributed by atoms with van der Waals surface area (Å²) in [5, 5.41) is 0. The van der Waals surface area contributed by atoms with Crippen LogP contribution in [0, 0.1) is 5.92 Å². The minimum atomic E-state index is 0.648. The van der Waals surface area contributed by atoms with Gasteiger partial charge in [0.25, 0.3) is 0 Å². The van der Waals surface area contributed by atoms with E-state index in [4.69, 9.17) is 9.16 Å². The molecular formula is C9H16O2Si. The van der Waals surface area contributed by atoms with Gasteiger partial charge in [0.2, 0.25) is 9.76 Å². The number of fused-ring (bicyclic) bond motifs is 1. The summed E-state index contributed by atoms with van der Waals surface area (Å²) < 4.78 is 10.6. The number of hydrogen-bond acceptors (Lipinski definition) is 2. The van der Waals surface area contributed by atoms with Crippen molar-refractivity contribution in [3.8, 4) is 0 Å². The van der Waals surface area contributed by atoms with Crippen LogP contribution in [0.15, 0.2) is 0 Å². The Morgan fingerprint density at radius 2 is 2.33 bits per heavy atom. The third-order valence-electron chi connectivity index (χ3n) is 2.91. The fraction of sp³-hybridized carbons (Fsp3) is 1.00. The van der Waals surface area contributed by atoms with Gasteiger partial charge in [0.1, 0.15) is 0 Å². The lowest BCUT2D eigenvalue weighted by molar-refractivity contribution is 0.354. The van der Waals surface area contributed by atoms with E-state index in [0.29, 0.717) is 22.0 Å². The average Bonchev–Trinajstić information content (AvgIpc) is 2.83. The fourth-order valence-corrected chi connectivity index (χ4v) is 2.84. The molecule has 2 fully saturated rings. The molecule has 68 valence electrons. The summed E-state index contributed by atoms with van der Waals surface area (Å²) in [5.41, 5.74) is 0. The summed E-state index contributed by atoms with van der Waals surface area (Å²) >= 11 is 0. The summed E-state index contributed by atoms with van der Waals surface area (Å²) in [5.74, 6) is 0.927. The molecule has 3 atom stereocenters. The van der Waals surface area contributed by atoms with Crippen LogP contribution in [0.5, 0.6) is 0 Å². The zero-order valence-corrected chi connectivity index (χ0v) is 8.58. The van der Waals surface area contributed by atoms with Gasteiger partial charge in [0.15, 0.2) is 0 Å². The summed E-state index contributed by atoms with van der Waals surface area (Å²) in [7, 11) is 2.50. The lowest BCUT2D eigenvalue weighted by atomic mass is 9.88. The highest BCUT2D eigenvalue weighted by molar-refractivity contribution is 6.26. The molecule has 2 aliphatic rings. The first-order valence-electron chi connectivity index (χ1n) is 4.81. The molecule has 2 radical (unpaired) electrons. The zero-order chi connectivity index (χ0) is 8.39. The Kier molecular flexibility index (Phi) is 2.83. The first-order chi connectivity index (χ1) is 5.90. The van der Waals surface area contributed by atoms with Crippen LogP contribution in [-0.2, 0) is 9.16 Å². The summed E-state index contributed by atoms with van der Waals surface area (Å²) in [4.78, 5) is 0. The minimum Gasteiger partial charge on any atom is -0.421 e. The van der Waals surface area contributed by atoms with Crippen LogP contribution in [0.3, 0.4) is 0 Å². The number of ether oxygens (including phenoxy) is 1. The molecule has 1 heterocycles. The van der Waals surface area contributed by atoms with Crippen molar-refractivity contribution < 1.29 is 9.16 Å². The first-order valence-corrected chi connectivity index (χ1v) is 5.93. The van der Waals surface area contributed by atoms with Crippen molar-refractivity contribution in [2.24, 2.45) is 5.92 Å². The first kappa shape index (κ1) is 8.72. The SMILES string of the molecule is CO[Si]CCC1CCC2OC2C1. The summed E-state index contributed by atoms with van der Waals surface area (Å²) in [6, 6.07) is 1.25. The Hall–Kier alpha value is 0.137. The number of rotatable bonds is 4. The molecule has 0 N–H and O–H groups in total.